The van der Waals surface area contributed by atoms with E-state index >= 15 is 0 Å². The van der Waals surface area contributed by atoms with Gasteiger partial charge in [0.2, 0.25) is 0 Å². The van der Waals surface area contributed by atoms with Crippen molar-refractivity contribution in [3.63, 3.8) is 0 Å². The summed E-state index contributed by atoms with van der Waals surface area (Å²) in [7, 11) is -1.31. The Balaban J connectivity index is 1.98. The third-order valence-corrected chi connectivity index (χ3v) is 7.31. The Morgan fingerprint density at radius 3 is 2.04 bits per heavy atom. The standard InChI is InChI=1S/C20H19N2O5P/c1-12-8-4-5-9-13(12)16-19(28(25,26-2)27-3)21-22-20(16)17(23)14-10-6-7-11-15(14)18(20)24/h4-11,16,22H,1-3H3/t16-/m0/s1. The van der Waals surface area contributed by atoms with E-state index < -0.39 is 30.6 Å². The van der Waals surface area contributed by atoms with Crippen LogP contribution in [-0.2, 0) is 13.6 Å². The second-order valence-electron chi connectivity index (χ2n) is 6.75. The number of hydrogen-bond acceptors (Lipinski definition) is 7. The summed E-state index contributed by atoms with van der Waals surface area (Å²) >= 11 is 0. The van der Waals surface area contributed by atoms with Gasteiger partial charge < -0.3 is 9.05 Å². The molecule has 1 aliphatic heterocycles. The molecule has 28 heavy (non-hydrogen) atoms. The monoisotopic (exact) mass is 398 g/mol. The molecule has 144 valence electrons. The maximum atomic E-state index is 13.4. The highest BCUT2D eigenvalue weighted by Gasteiger charge is 2.65. The Hall–Kier alpha value is -2.60. The van der Waals surface area contributed by atoms with Gasteiger partial charge in [0.1, 0.15) is 0 Å². The fraction of sp³-hybridized carbons (Fsp3) is 0.250. The SMILES string of the molecule is COP(=O)(OC)C1=NNC2(C(=O)c3ccccc3C2=O)[C@H]1c1ccccc1C. The summed E-state index contributed by atoms with van der Waals surface area (Å²) in [6.45, 7) is 1.86. The number of nitrogens with one attached hydrogen (secondary N) is 1. The quantitative estimate of drug-likeness (QED) is 0.627. The minimum atomic E-state index is -3.81. The van der Waals surface area contributed by atoms with E-state index in [0.29, 0.717) is 16.7 Å². The van der Waals surface area contributed by atoms with E-state index in [4.69, 9.17) is 9.05 Å². The van der Waals surface area contributed by atoms with Gasteiger partial charge >= 0.3 is 7.60 Å². The molecule has 1 spiro atoms. The number of ketones is 2. The van der Waals surface area contributed by atoms with Crippen LogP contribution in [0.1, 0.15) is 37.8 Å². The van der Waals surface area contributed by atoms with Gasteiger partial charge in [-0.1, -0.05) is 48.5 Å². The molecule has 8 heteroatoms. The molecule has 0 saturated heterocycles. The van der Waals surface area contributed by atoms with Crippen LogP contribution in [0.5, 0.6) is 0 Å². The van der Waals surface area contributed by atoms with E-state index in [0.717, 1.165) is 5.56 Å². The zero-order valence-electron chi connectivity index (χ0n) is 15.6. The highest BCUT2D eigenvalue weighted by atomic mass is 31.2. The molecule has 1 aliphatic carbocycles. The molecule has 0 amide bonds. The van der Waals surface area contributed by atoms with Crippen LogP contribution in [0.15, 0.2) is 53.6 Å². The summed E-state index contributed by atoms with van der Waals surface area (Å²) in [6, 6.07) is 14.0. The molecule has 0 unspecified atom stereocenters. The van der Waals surface area contributed by atoms with Gasteiger partial charge in [-0.15, -0.1) is 0 Å². The van der Waals surface area contributed by atoms with Crippen molar-refractivity contribution in [1.82, 2.24) is 5.43 Å². The maximum absolute atomic E-state index is 13.4. The van der Waals surface area contributed by atoms with Crippen molar-refractivity contribution in [1.29, 1.82) is 0 Å². The van der Waals surface area contributed by atoms with Crippen LogP contribution in [0.3, 0.4) is 0 Å². The number of hydrazone groups is 1. The first-order valence-corrected chi connectivity index (χ1v) is 10.3. The van der Waals surface area contributed by atoms with Crippen molar-refractivity contribution in [2.45, 2.75) is 18.4 Å². The zero-order valence-corrected chi connectivity index (χ0v) is 16.5. The summed E-state index contributed by atoms with van der Waals surface area (Å²) < 4.78 is 23.5. The number of aryl methyl sites for hydroxylation is 1. The summed E-state index contributed by atoms with van der Waals surface area (Å²) in [5, 5.41) is 4.18. The molecule has 2 aromatic carbocycles. The Morgan fingerprint density at radius 2 is 1.50 bits per heavy atom. The Kier molecular flexibility index (Phi) is 4.34. The highest BCUT2D eigenvalue weighted by molar-refractivity contribution is 7.72. The van der Waals surface area contributed by atoms with Crippen molar-refractivity contribution in [2.75, 3.05) is 14.2 Å². The van der Waals surface area contributed by atoms with E-state index in [1.54, 1.807) is 36.4 Å². The van der Waals surface area contributed by atoms with Crippen LogP contribution in [-0.4, -0.2) is 36.8 Å². The van der Waals surface area contributed by atoms with Crippen molar-refractivity contribution >= 4 is 24.6 Å². The lowest BCUT2D eigenvalue weighted by atomic mass is 9.76. The number of rotatable bonds is 4. The maximum Gasteiger partial charge on any atom is 0.377 e. The molecular weight excluding hydrogens is 379 g/mol. The summed E-state index contributed by atoms with van der Waals surface area (Å²) in [6.07, 6.45) is 0. The minimum Gasteiger partial charge on any atom is -0.308 e. The van der Waals surface area contributed by atoms with Crippen LogP contribution in [0.2, 0.25) is 0 Å². The molecule has 1 atom stereocenters. The molecule has 0 saturated carbocycles. The first kappa shape index (κ1) is 18.7. The smallest absolute Gasteiger partial charge is 0.308 e. The number of benzene rings is 2. The second-order valence-corrected chi connectivity index (χ2v) is 8.93. The van der Waals surface area contributed by atoms with E-state index in [1.165, 1.54) is 14.2 Å². The van der Waals surface area contributed by atoms with Gasteiger partial charge in [-0.2, -0.15) is 5.10 Å². The number of fused-ring (bicyclic) bond motifs is 1. The molecular formula is C20H19N2O5P. The second kappa shape index (κ2) is 6.48. The largest absolute Gasteiger partial charge is 0.377 e. The lowest BCUT2D eigenvalue weighted by Crippen LogP contribution is -2.54. The molecule has 1 N–H and O–H groups in total. The van der Waals surface area contributed by atoms with Crippen molar-refractivity contribution in [2.24, 2.45) is 5.10 Å². The molecule has 0 radical (unpaired) electrons. The first-order valence-electron chi connectivity index (χ1n) is 8.71. The lowest BCUT2D eigenvalue weighted by molar-refractivity contribution is 0.0761. The summed E-state index contributed by atoms with van der Waals surface area (Å²) in [5.41, 5.74) is 3.17. The average Bonchev–Trinajstić information content (AvgIpc) is 3.22. The van der Waals surface area contributed by atoms with Crippen LogP contribution >= 0.6 is 7.60 Å². The lowest BCUT2D eigenvalue weighted by Gasteiger charge is -2.30. The van der Waals surface area contributed by atoms with E-state index in [-0.39, 0.29) is 5.45 Å². The third kappa shape index (κ3) is 2.30. The fourth-order valence-electron chi connectivity index (χ4n) is 4.00. The molecule has 1 heterocycles. The first-order chi connectivity index (χ1) is 13.4. The Labute approximate surface area is 162 Å². The Bertz CT molecular complexity index is 1030. The van der Waals surface area contributed by atoms with Gasteiger partial charge in [0, 0.05) is 25.3 Å². The Morgan fingerprint density at radius 1 is 0.964 bits per heavy atom. The predicted molar refractivity (Wildman–Crippen MR) is 104 cm³/mol. The fourth-order valence-corrected chi connectivity index (χ4v) is 5.35. The summed E-state index contributed by atoms with van der Waals surface area (Å²) in [4.78, 5) is 26.9. The van der Waals surface area contributed by atoms with Crippen molar-refractivity contribution in [3.8, 4) is 0 Å². The number of Topliss-reactive ketones (excluding diaryl/α,β-unsaturated/α-hetero) is 2. The molecule has 0 aromatic heterocycles. The van der Waals surface area contributed by atoms with Gasteiger partial charge in [-0.3, -0.25) is 19.6 Å². The van der Waals surface area contributed by atoms with E-state index in [9.17, 15) is 14.2 Å². The van der Waals surface area contributed by atoms with E-state index in [2.05, 4.69) is 10.5 Å². The van der Waals surface area contributed by atoms with E-state index in [1.807, 2.05) is 19.1 Å². The number of hydrogen-bond donors (Lipinski definition) is 1. The van der Waals surface area contributed by atoms with Gasteiger partial charge in [0.25, 0.3) is 0 Å². The zero-order chi connectivity index (χ0) is 20.1. The van der Waals surface area contributed by atoms with Gasteiger partial charge in [0.05, 0.1) is 5.92 Å². The van der Waals surface area contributed by atoms with Crippen molar-refractivity contribution < 1.29 is 23.2 Å². The minimum absolute atomic E-state index is 0.0151. The van der Waals surface area contributed by atoms with Gasteiger partial charge in [-0.05, 0) is 18.1 Å². The number of nitrogens with zero attached hydrogens (tertiary/aromatic N) is 1. The average molecular weight is 398 g/mol. The molecule has 4 rings (SSSR count). The van der Waals surface area contributed by atoms with Crippen LogP contribution < -0.4 is 5.43 Å². The van der Waals surface area contributed by atoms with Gasteiger partial charge in [0.15, 0.2) is 22.6 Å². The van der Waals surface area contributed by atoms with Gasteiger partial charge in [-0.25, -0.2) is 0 Å². The normalized spacial score (nSPS) is 20.2. The number of carbonyl (C=O) groups is 2. The van der Waals surface area contributed by atoms with Crippen LogP contribution in [0.4, 0.5) is 0 Å². The molecule has 2 aromatic rings. The topological polar surface area (TPSA) is 94.1 Å². The molecule has 2 aliphatic rings. The molecule has 0 fully saturated rings. The molecule has 0 bridgehead atoms. The predicted octanol–water partition coefficient (Wildman–Crippen LogP) is 3.30. The number of carbonyl (C=O) groups excluding carboxylic acids is 2. The third-order valence-electron chi connectivity index (χ3n) is 5.43. The van der Waals surface area contributed by atoms with Crippen LogP contribution in [0, 0.1) is 6.92 Å². The van der Waals surface area contributed by atoms with Crippen LogP contribution in [0.25, 0.3) is 0 Å². The highest BCUT2D eigenvalue weighted by Crippen LogP contribution is 2.58. The van der Waals surface area contributed by atoms with Crippen molar-refractivity contribution in [3.05, 3.63) is 70.8 Å². The summed E-state index contributed by atoms with van der Waals surface area (Å²) in [5.74, 6) is -1.73. The molecule has 7 nitrogen and oxygen atoms in total.